The number of anilines is 1. The average molecular weight is 357 g/mol. The van der Waals surface area contributed by atoms with E-state index in [9.17, 15) is 18.0 Å². The molecule has 1 atom stereocenters. The van der Waals surface area contributed by atoms with E-state index in [0.29, 0.717) is 19.7 Å². The van der Waals surface area contributed by atoms with Gasteiger partial charge in [-0.15, -0.1) is 11.3 Å². The largest absolute Gasteiger partial charge is 0.417 e. The second-order valence-corrected chi connectivity index (χ2v) is 5.99. The van der Waals surface area contributed by atoms with Gasteiger partial charge in [-0.25, -0.2) is 4.98 Å². The van der Waals surface area contributed by atoms with E-state index >= 15 is 0 Å². The van der Waals surface area contributed by atoms with Gasteiger partial charge in [0.05, 0.1) is 17.9 Å². The van der Waals surface area contributed by atoms with Crippen LogP contribution in [0.3, 0.4) is 0 Å². The van der Waals surface area contributed by atoms with Crippen molar-refractivity contribution in [1.29, 1.82) is 0 Å². The number of carbonyl (C=O) groups excluding carboxylic acids is 1. The number of rotatable bonds is 3. The molecule has 9 heteroatoms. The van der Waals surface area contributed by atoms with Crippen LogP contribution < -0.4 is 10.6 Å². The number of nitrogens with one attached hydrogen (secondary N) is 2. The van der Waals surface area contributed by atoms with Gasteiger partial charge >= 0.3 is 6.18 Å². The first-order chi connectivity index (χ1) is 11.4. The Morgan fingerprint density at radius 2 is 2.17 bits per heavy atom. The minimum atomic E-state index is -4.47. The molecule has 128 valence electrons. The van der Waals surface area contributed by atoms with Crippen molar-refractivity contribution in [2.75, 3.05) is 25.0 Å². The zero-order chi connectivity index (χ0) is 17.2. The van der Waals surface area contributed by atoms with Gasteiger partial charge in [-0.3, -0.25) is 10.1 Å². The number of thiazole rings is 1. The van der Waals surface area contributed by atoms with Crippen LogP contribution >= 0.6 is 11.3 Å². The zero-order valence-corrected chi connectivity index (χ0v) is 13.2. The molecule has 1 fully saturated rings. The molecule has 0 aliphatic carbocycles. The second-order valence-electron chi connectivity index (χ2n) is 5.13. The number of morpholine rings is 1. The van der Waals surface area contributed by atoms with E-state index in [0.717, 1.165) is 17.4 Å². The number of halogens is 3. The summed E-state index contributed by atoms with van der Waals surface area (Å²) >= 11 is 1.07. The van der Waals surface area contributed by atoms with Crippen molar-refractivity contribution in [3.63, 3.8) is 0 Å². The molecule has 2 N–H and O–H groups in total. The Balaban J connectivity index is 1.78. The number of ether oxygens (including phenoxy) is 1. The van der Waals surface area contributed by atoms with Crippen LogP contribution in [0.5, 0.6) is 0 Å². The molecule has 1 aliphatic heterocycles. The van der Waals surface area contributed by atoms with Crippen LogP contribution in [0.1, 0.15) is 5.56 Å². The van der Waals surface area contributed by atoms with Gasteiger partial charge in [-0.2, -0.15) is 13.2 Å². The molecule has 1 unspecified atom stereocenters. The summed E-state index contributed by atoms with van der Waals surface area (Å²) in [6, 6.07) is 5.21. The molecule has 0 bridgehead atoms. The summed E-state index contributed by atoms with van der Waals surface area (Å²) < 4.78 is 44.5. The lowest BCUT2D eigenvalue weighted by atomic mass is 10.1. The summed E-state index contributed by atoms with van der Waals surface area (Å²) in [4.78, 5) is 16.2. The number of hydrogen-bond donors (Lipinski definition) is 2. The van der Waals surface area contributed by atoms with E-state index in [-0.39, 0.29) is 22.3 Å². The molecule has 1 saturated heterocycles. The third-order valence-electron chi connectivity index (χ3n) is 3.46. The Bertz CT molecular complexity index is 727. The van der Waals surface area contributed by atoms with Crippen LogP contribution in [-0.4, -0.2) is 36.7 Å². The first kappa shape index (κ1) is 16.9. The highest BCUT2D eigenvalue weighted by Crippen LogP contribution is 2.37. The van der Waals surface area contributed by atoms with E-state index in [1.165, 1.54) is 23.6 Å². The Labute approximate surface area is 139 Å². The van der Waals surface area contributed by atoms with E-state index < -0.39 is 17.8 Å². The maximum absolute atomic E-state index is 13.1. The Morgan fingerprint density at radius 3 is 2.88 bits per heavy atom. The summed E-state index contributed by atoms with van der Waals surface area (Å²) in [7, 11) is 0. The minimum absolute atomic E-state index is 0.0164. The fraction of sp³-hybridized carbons (Fsp3) is 0.333. The lowest BCUT2D eigenvalue weighted by molar-refractivity contribution is -0.137. The molecular formula is C15H14F3N3O2S. The van der Waals surface area contributed by atoms with Gasteiger partial charge in [0.1, 0.15) is 6.10 Å². The molecule has 1 aromatic heterocycles. The molecule has 24 heavy (non-hydrogen) atoms. The third-order valence-corrected chi connectivity index (χ3v) is 4.22. The number of alkyl halides is 3. The van der Waals surface area contributed by atoms with Crippen molar-refractivity contribution >= 4 is 22.4 Å². The summed E-state index contributed by atoms with van der Waals surface area (Å²) in [6.45, 7) is 1.50. The highest BCUT2D eigenvalue weighted by molar-refractivity contribution is 7.14. The molecule has 0 spiro atoms. The molecule has 1 amide bonds. The quantitative estimate of drug-likeness (QED) is 0.887. The van der Waals surface area contributed by atoms with Crippen LogP contribution in [0.25, 0.3) is 11.3 Å². The second kappa shape index (κ2) is 6.88. The normalized spacial score (nSPS) is 18.4. The number of benzene rings is 1. The molecule has 2 heterocycles. The number of aromatic nitrogens is 1. The van der Waals surface area contributed by atoms with Gasteiger partial charge in [0.2, 0.25) is 0 Å². The number of nitrogens with zero attached hydrogens (tertiary/aromatic N) is 1. The fourth-order valence-corrected chi connectivity index (χ4v) is 3.04. The Hall–Kier alpha value is -1.97. The van der Waals surface area contributed by atoms with Crippen molar-refractivity contribution in [1.82, 2.24) is 10.3 Å². The highest BCUT2D eigenvalue weighted by Gasteiger charge is 2.34. The summed E-state index contributed by atoms with van der Waals surface area (Å²) in [5.74, 6) is -0.368. The van der Waals surface area contributed by atoms with Gasteiger partial charge in [0.25, 0.3) is 5.91 Å². The molecule has 0 radical (unpaired) electrons. The monoisotopic (exact) mass is 357 g/mol. The van der Waals surface area contributed by atoms with Crippen LogP contribution in [-0.2, 0) is 15.7 Å². The first-order valence-corrected chi connectivity index (χ1v) is 8.08. The van der Waals surface area contributed by atoms with E-state index in [4.69, 9.17) is 4.74 Å². The summed E-state index contributed by atoms with van der Waals surface area (Å²) in [5.41, 5.74) is -0.601. The standard InChI is InChI=1S/C15H14F3N3O2S/c16-15(17,18)10-4-2-1-3-9(10)11-8-24-14(20-11)21-13(22)12-7-19-5-6-23-12/h1-4,8,12,19H,5-7H2,(H,20,21,22). The lowest BCUT2D eigenvalue weighted by Gasteiger charge is -2.22. The Kier molecular flexibility index (Phi) is 4.83. The lowest BCUT2D eigenvalue weighted by Crippen LogP contribution is -2.45. The van der Waals surface area contributed by atoms with Crippen molar-refractivity contribution in [3.05, 3.63) is 35.2 Å². The first-order valence-electron chi connectivity index (χ1n) is 7.20. The van der Waals surface area contributed by atoms with E-state index in [1.54, 1.807) is 0 Å². The van der Waals surface area contributed by atoms with Gasteiger partial charge in [-0.1, -0.05) is 18.2 Å². The molecule has 1 aliphatic rings. The van der Waals surface area contributed by atoms with Crippen molar-refractivity contribution in [2.24, 2.45) is 0 Å². The topological polar surface area (TPSA) is 63.2 Å². The van der Waals surface area contributed by atoms with Crippen LogP contribution in [0.15, 0.2) is 29.6 Å². The van der Waals surface area contributed by atoms with Gasteiger partial charge in [-0.05, 0) is 6.07 Å². The third kappa shape index (κ3) is 3.74. The van der Waals surface area contributed by atoms with Gasteiger partial charge in [0.15, 0.2) is 5.13 Å². The molecule has 3 rings (SSSR count). The molecule has 2 aromatic rings. The van der Waals surface area contributed by atoms with Gasteiger partial charge < -0.3 is 10.1 Å². The van der Waals surface area contributed by atoms with Crippen molar-refractivity contribution in [3.8, 4) is 11.3 Å². The number of hydrogen-bond acceptors (Lipinski definition) is 5. The number of carbonyl (C=O) groups is 1. The van der Waals surface area contributed by atoms with E-state index in [1.807, 2.05) is 0 Å². The molecular weight excluding hydrogens is 343 g/mol. The summed E-state index contributed by atoms with van der Waals surface area (Å²) in [5, 5.41) is 7.33. The average Bonchev–Trinajstić information content (AvgIpc) is 3.03. The molecule has 1 aromatic carbocycles. The van der Waals surface area contributed by atoms with Gasteiger partial charge in [0, 0.05) is 24.0 Å². The maximum atomic E-state index is 13.1. The maximum Gasteiger partial charge on any atom is 0.417 e. The van der Waals surface area contributed by atoms with Crippen LogP contribution in [0, 0.1) is 0 Å². The molecule has 5 nitrogen and oxygen atoms in total. The van der Waals surface area contributed by atoms with Crippen molar-refractivity contribution in [2.45, 2.75) is 12.3 Å². The summed E-state index contributed by atoms with van der Waals surface area (Å²) in [6.07, 6.45) is -5.10. The smallest absolute Gasteiger partial charge is 0.366 e. The predicted octanol–water partition coefficient (Wildman–Crippen LogP) is 2.76. The SMILES string of the molecule is O=C(Nc1nc(-c2ccccc2C(F)(F)F)cs1)C1CNCCO1. The van der Waals surface area contributed by atoms with E-state index in [2.05, 4.69) is 15.6 Å². The number of amides is 1. The zero-order valence-electron chi connectivity index (χ0n) is 12.4. The van der Waals surface area contributed by atoms with Crippen LogP contribution in [0.4, 0.5) is 18.3 Å². The highest BCUT2D eigenvalue weighted by atomic mass is 32.1. The Morgan fingerprint density at radius 1 is 1.38 bits per heavy atom. The predicted molar refractivity (Wildman–Crippen MR) is 83.8 cm³/mol. The fourth-order valence-electron chi connectivity index (χ4n) is 2.33. The van der Waals surface area contributed by atoms with Crippen molar-refractivity contribution < 1.29 is 22.7 Å². The van der Waals surface area contributed by atoms with Crippen LogP contribution in [0.2, 0.25) is 0 Å². The molecule has 0 saturated carbocycles. The minimum Gasteiger partial charge on any atom is -0.366 e.